The van der Waals surface area contributed by atoms with Gasteiger partial charge in [-0.15, -0.1) is 0 Å². The number of anilines is 2. The van der Waals surface area contributed by atoms with Crippen molar-refractivity contribution < 1.29 is 8.78 Å². The van der Waals surface area contributed by atoms with Crippen LogP contribution in [0, 0.1) is 11.6 Å². The van der Waals surface area contributed by atoms with E-state index in [1.807, 2.05) is 0 Å². The maximum absolute atomic E-state index is 12.8. The lowest BCUT2D eigenvalue weighted by Gasteiger charge is -2.00. The highest BCUT2D eigenvalue weighted by Crippen LogP contribution is 2.20. The Kier molecular flexibility index (Phi) is 3.87. The summed E-state index contributed by atoms with van der Waals surface area (Å²) in [6.07, 6.45) is 0.544. The molecule has 6 heteroatoms. The Balaban J connectivity index is 1.68. The average molecular weight is 303 g/mol. The van der Waals surface area contributed by atoms with Gasteiger partial charge in [-0.3, -0.25) is 0 Å². The van der Waals surface area contributed by atoms with Crippen LogP contribution in [0.5, 0.6) is 0 Å². The molecular weight excluding hydrogens is 292 g/mol. The van der Waals surface area contributed by atoms with E-state index in [1.165, 1.54) is 35.8 Å². The van der Waals surface area contributed by atoms with Gasteiger partial charge in [0.1, 0.15) is 17.5 Å². The fourth-order valence-electron chi connectivity index (χ4n) is 1.82. The van der Waals surface area contributed by atoms with Crippen molar-refractivity contribution in [1.82, 2.24) is 9.36 Å². The predicted octanol–water partition coefficient (Wildman–Crippen LogP) is 4.15. The van der Waals surface area contributed by atoms with Gasteiger partial charge in [0, 0.05) is 23.6 Å². The van der Waals surface area contributed by atoms with Crippen LogP contribution in [-0.4, -0.2) is 9.36 Å². The lowest BCUT2D eigenvalue weighted by Crippen LogP contribution is -1.93. The van der Waals surface area contributed by atoms with Crippen LogP contribution < -0.4 is 5.32 Å². The number of benzene rings is 2. The molecule has 0 spiro atoms. The van der Waals surface area contributed by atoms with E-state index in [0.717, 1.165) is 11.3 Å². The molecule has 3 aromatic rings. The van der Waals surface area contributed by atoms with Crippen LogP contribution >= 0.6 is 11.5 Å². The standard InChI is InChI=1S/C15H11F2N3S/c16-11-3-1-10(2-4-11)9-14-19-15(21-20-14)18-13-7-5-12(17)6-8-13/h1-8H,9H2,(H,18,19,20). The summed E-state index contributed by atoms with van der Waals surface area (Å²) in [6, 6.07) is 12.3. The zero-order chi connectivity index (χ0) is 14.7. The maximum Gasteiger partial charge on any atom is 0.207 e. The van der Waals surface area contributed by atoms with E-state index in [9.17, 15) is 8.78 Å². The molecule has 0 fully saturated rings. The number of hydrogen-bond donors (Lipinski definition) is 1. The summed E-state index contributed by atoms with van der Waals surface area (Å²) in [6.45, 7) is 0. The van der Waals surface area contributed by atoms with E-state index in [-0.39, 0.29) is 11.6 Å². The molecule has 0 atom stereocenters. The molecule has 0 bridgehead atoms. The highest BCUT2D eigenvalue weighted by Gasteiger charge is 2.06. The third kappa shape index (κ3) is 3.61. The molecule has 21 heavy (non-hydrogen) atoms. The van der Waals surface area contributed by atoms with Gasteiger partial charge < -0.3 is 5.32 Å². The first kappa shape index (κ1) is 13.6. The Morgan fingerprint density at radius 1 is 0.905 bits per heavy atom. The first-order valence-corrected chi connectivity index (χ1v) is 7.06. The normalized spacial score (nSPS) is 10.6. The van der Waals surface area contributed by atoms with E-state index in [0.29, 0.717) is 17.4 Å². The SMILES string of the molecule is Fc1ccc(Cc2nsc(Nc3ccc(F)cc3)n2)cc1. The van der Waals surface area contributed by atoms with Crippen molar-refractivity contribution in [1.29, 1.82) is 0 Å². The number of nitrogens with one attached hydrogen (secondary N) is 1. The molecule has 0 aliphatic heterocycles. The van der Waals surface area contributed by atoms with E-state index >= 15 is 0 Å². The molecule has 0 amide bonds. The second kappa shape index (κ2) is 5.97. The van der Waals surface area contributed by atoms with Gasteiger partial charge in [0.15, 0.2) is 0 Å². The molecule has 3 rings (SSSR count). The molecule has 1 N–H and O–H groups in total. The number of halogens is 2. The van der Waals surface area contributed by atoms with Crippen LogP contribution in [-0.2, 0) is 6.42 Å². The van der Waals surface area contributed by atoms with Crippen LogP contribution in [0.1, 0.15) is 11.4 Å². The second-order valence-electron chi connectivity index (χ2n) is 4.45. The molecule has 2 aromatic carbocycles. The summed E-state index contributed by atoms with van der Waals surface area (Å²) in [5, 5.41) is 3.70. The Labute approximate surface area is 124 Å². The van der Waals surface area contributed by atoms with E-state index in [4.69, 9.17) is 0 Å². The molecular formula is C15H11F2N3S. The van der Waals surface area contributed by atoms with Crippen molar-refractivity contribution in [3.63, 3.8) is 0 Å². The molecule has 3 nitrogen and oxygen atoms in total. The minimum absolute atomic E-state index is 0.261. The van der Waals surface area contributed by atoms with Crippen LogP contribution in [0.25, 0.3) is 0 Å². The lowest BCUT2D eigenvalue weighted by molar-refractivity contribution is 0.627. The zero-order valence-electron chi connectivity index (χ0n) is 10.9. The van der Waals surface area contributed by atoms with Crippen molar-refractivity contribution in [2.75, 3.05) is 5.32 Å². The molecule has 0 radical (unpaired) electrons. The van der Waals surface area contributed by atoms with E-state index < -0.39 is 0 Å². The van der Waals surface area contributed by atoms with Gasteiger partial charge in [0.2, 0.25) is 5.13 Å². The largest absolute Gasteiger partial charge is 0.330 e. The average Bonchev–Trinajstić information content (AvgIpc) is 2.91. The summed E-state index contributed by atoms with van der Waals surface area (Å²) < 4.78 is 29.9. The van der Waals surface area contributed by atoms with Gasteiger partial charge in [-0.25, -0.2) is 13.8 Å². The quantitative estimate of drug-likeness (QED) is 0.786. The monoisotopic (exact) mass is 303 g/mol. The van der Waals surface area contributed by atoms with Gasteiger partial charge in [-0.2, -0.15) is 4.37 Å². The number of hydrogen-bond acceptors (Lipinski definition) is 4. The minimum Gasteiger partial charge on any atom is -0.330 e. The molecule has 1 heterocycles. The molecule has 0 saturated heterocycles. The summed E-state index contributed by atoms with van der Waals surface area (Å²) >= 11 is 1.23. The van der Waals surface area contributed by atoms with Crippen molar-refractivity contribution in [3.8, 4) is 0 Å². The molecule has 0 saturated carbocycles. The smallest absolute Gasteiger partial charge is 0.207 e. The van der Waals surface area contributed by atoms with Gasteiger partial charge in [0.05, 0.1) is 0 Å². The van der Waals surface area contributed by atoms with E-state index in [1.54, 1.807) is 24.3 Å². The van der Waals surface area contributed by atoms with Gasteiger partial charge in [-0.05, 0) is 42.0 Å². The van der Waals surface area contributed by atoms with E-state index in [2.05, 4.69) is 14.7 Å². The predicted molar refractivity (Wildman–Crippen MR) is 78.8 cm³/mol. The van der Waals surface area contributed by atoms with Crippen LogP contribution in [0.4, 0.5) is 19.6 Å². The third-order valence-electron chi connectivity index (χ3n) is 2.84. The molecule has 106 valence electrons. The van der Waals surface area contributed by atoms with Crippen molar-refractivity contribution in [3.05, 3.63) is 71.6 Å². The summed E-state index contributed by atoms with van der Waals surface area (Å²) in [5.41, 5.74) is 1.70. The first-order chi connectivity index (χ1) is 10.2. The second-order valence-corrected chi connectivity index (χ2v) is 5.20. The Bertz CT molecular complexity index is 661. The number of rotatable bonds is 4. The third-order valence-corrected chi connectivity index (χ3v) is 3.51. The fraction of sp³-hybridized carbons (Fsp3) is 0.0667. The molecule has 0 unspecified atom stereocenters. The fourth-order valence-corrected chi connectivity index (χ4v) is 2.42. The zero-order valence-corrected chi connectivity index (χ0v) is 11.7. The maximum atomic E-state index is 12.8. The highest BCUT2D eigenvalue weighted by molar-refractivity contribution is 7.09. The minimum atomic E-state index is -0.283. The highest BCUT2D eigenvalue weighted by atomic mass is 32.1. The van der Waals surface area contributed by atoms with Crippen molar-refractivity contribution >= 4 is 22.4 Å². The summed E-state index contributed by atoms with van der Waals surface area (Å²) in [5.74, 6) is 0.120. The first-order valence-electron chi connectivity index (χ1n) is 6.29. The van der Waals surface area contributed by atoms with Crippen LogP contribution in [0.3, 0.4) is 0 Å². The summed E-state index contributed by atoms with van der Waals surface area (Å²) in [7, 11) is 0. The van der Waals surface area contributed by atoms with Gasteiger partial charge >= 0.3 is 0 Å². The Morgan fingerprint density at radius 3 is 2.19 bits per heavy atom. The van der Waals surface area contributed by atoms with Crippen molar-refractivity contribution in [2.24, 2.45) is 0 Å². The summed E-state index contributed by atoms with van der Waals surface area (Å²) in [4.78, 5) is 4.35. The number of aromatic nitrogens is 2. The van der Waals surface area contributed by atoms with Crippen molar-refractivity contribution in [2.45, 2.75) is 6.42 Å². The lowest BCUT2D eigenvalue weighted by atomic mass is 10.1. The topological polar surface area (TPSA) is 37.8 Å². The molecule has 0 aliphatic rings. The Morgan fingerprint density at radius 2 is 1.52 bits per heavy atom. The number of nitrogens with zero attached hydrogens (tertiary/aromatic N) is 2. The van der Waals surface area contributed by atoms with Gasteiger partial charge in [0.25, 0.3) is 0 Å². The van der Waals surface area contributed by atoms with Crippen LogP contribution in [0.2, 0.25) is 0 Å². The molecule has 1 aromatic heterocycles. The molecule has 0 aliphatic carbocycles. The Hall–Kier alpha value is -2.34. The van der Waals surface area contributed by atoms with Gasteiger partial charge in [-0.1, -0.05) is 12.1 Å². The van der Waals surface area contributed by atoms with Crippen LogP contribution in [0.15, 0.2) is 48.5 Å².